The maximum absolute atomic E-state index is 13.7. The van der Waals surface area contributed by atoms with Gasteiger partial charge in [0.25, 0.3) is 11.7 Å². The fourth-order valence-electron chi connectivity index (χ4n) is 5.66. The number of piperazine rings is 1. The Morgan fingerprint density at radius 1 is 0.903 bits per heavy atom. The number of carbonyl (C=O) groups is 1. The molecular weight excluding hydrogens is 390 g/mol. The Hall–Kier alpha value is -2.41. The van der Waals surface area contributed by atoms with Crippen molar-refractivity contribution in [3.8, 4) is 0 Å². The molecule has 1 N–H and O–H groups in total. The van der Waals surface area contributed by atoms with Gasteiger partial charge in [-0.15, -0.1) is 0 Å². The third-order valence-corrected chi connectivity index (χ3v) is 7.33. The van der Waals surface area contributed by atoms with E-state index < -0.39 is 5.79 Å². The molecule has 3 heterocycles. The number of carbonyl (C=O) groups excluding carboxylic acids is 1. The molecule has 0 aromatic heterocycles. The highest BCUT2D eigenvalue weighted by atomic mass is 16.8. The van der Waals surface area contributed by atoms with Gasteiger partial charge < -0.3 is 19.3 Å². The maximum Gasteiger partial charge on any atom is 0.296 e. The van der Waals surface area contributed by atoms with Gasteiger partial charge in [-0.25, -0.2) is 0 Å². The lowest BCUT2D eigenvalue weighted by Gasteiger charge is -2.35. The lowest BCUT2D eigenvalue weighted by atomic mass is 9.95. The average Bonchev–Trinajstić information content (AvgIpc) is 3.33. The zero-order chi connectivity index (χ0) is 20.8. The molecule has 1 spiro atoms. The van der Waals surface area contributed by atoms with Crippen molar-refractivity contribution in [2.24, 2.45) is 0 Å². The second-order valence-electron chi connectivity index (χ2n) is 9.19. The van der Waals surface area contributed by atoms with E-state index >= 15 is 0 Å². The number of para-hydroxylation sites is 2. The molecule has 3 aliphatic heterocycles. The first-order chi connectivity index (χ1) is 15.2. The van der Waals surface area contributed by atoms with E-state index in [0.717, 1.165) is 63.1 Å². The van der Waals surface area contributed by atoms with Crippen LogP contribution in [0, 0.1) is 0 Å². The first-order valence-corrected chi connectivity index (χ1v) is 11.7. The van der Waals surface area contributed by atoms with Crippen molar-refractivity contribution in [2.75, 3.05) is 42.6 Å². The number of anilines is 2. The van der Waals surface area contributed by atoms with E-state index in [9.17, 15) is 4.79 Å². The van der Waals surface area contributed by atoms with Crippen LogP contribution in [0.25, 0.3) is 0 Å². The van der Waals surface area contributed by atoms with Gasteiger partial charge in [-0.1, -0.05) is 49.2 Å². The number of rotatable bonds is 3. The summed E-state index contributed by atoms with van der Waals surface area (Å²) < 4.78 is 12.8. The van der Waals surface area contributed by atoms with Crippen LogP contribution in [-0.4, -0.2) is 51.0 Å². The molecule has 0 bridgehead atoms. The van der Waals surface area contributed by atoms with Crippen molar-refractivity contribution in [2.45, 2.75) is 43.7 Å². The van der Waals surface area contributed by atoms with Gasteiger partial charge in [0.2, 0.25) is 0 Å². The minimum Gasteiger partial charge on any atom is -0.360 e. The molecule has 0 radical (unpaired) electrons. The number of fused-ring (bicyclic) bond motifs is 3. The number of benzene rings is 2. The molecule has 0 unspecified atom stereocenters. The largest absolute Gasteiger partial charge is 0.360 e. The van der Waals surface area contributed by atoms with Crippen LogP contribution in [-0.2, 0) is 20.1 Å². The Bertz CT molecular complexity index is 943. The Labute approximate surface area is 183 Å². The van der Waals surface area contributed by atoms with Crippen LogP contribution in [0.3, 0.4) is 0 Å². The molecule has 1 aliphatic carbocycles. The molecule has 3 fully saturated rings. The summed E-state index contributed by atoms with van der Waals surface area (Å²) in [6.07, 6.45) is 4.33. The minimum absolute atomic E-state index is 0.0347. The minimum atomic E-state index is -1.23. The number of amides is 1. The van der Waals surface area contributed by atoms with Gasteiger partial charge >= 0.3 is 0 Å². The van der Waals surface area contributed by atoms with Crippen molar-refractivity contribution < 1.29 is 19.2 Å². The van der Waals surface area contributed by atoms with E-state index in [2.05, 4.69) is 35.2 Å². The maximum atomic E-state index is 13.7. The fraction of sp³-hybridized carbons (Fsp3) is 0.480. The van der Waals surface area contributed by atoms with Crippen molar-refractivity contribution in [3.63, 3.8) is 0 Å². The lowest BCUT2D eigenvalue weighted by Crippen LogP contribution is -3.16. The molecular formula is C25H30N3O3+. The summed E-state index contributed by atoms with van der Waals surface area (Å²) in [4.78, 5) is 19.5. The van der Waals surface area contributed by atoms with Crippen LogP contribution in [0.15, 0.2) is 54.6 Å². The summed E-state index contributed by atoms with van der Waals surface area (Å²) in [5.41, 5.74) is 3.11. The molecule has 1 saturated carbocycles. The van der Waals surface area contributed by atoms with Crippen molar-refractivity contribution in [3.05, 3.63) is 60.2 Å². The van der Waals surface area contributed by atoms with Gasteiger partial charge in [0.1, 0.15) is 0 Å². The second kappa shape index (κ2) is 7.62. The van der Waals surface area contributed by atoms with Crippen LogP contribution in [0.2, 0.25) is 0 Å². The zero-order valence-electron chi connectivity index (χ0n) is 17.8. The summed E-state index contributed by atoms with van der Waals surface area (Å²) in [7, 11) is 0. The quantitative estimate of drug-likeness (QED) is 0.824. The molecule has 4 aliphatic rings. The van der Waals surface area contributed by atoms with Crippen LogP contribution >= 0.6 is 0 Å². The first kappa shape index (κ1) is 19.3. The van der Waals surface area contributed by atoms with E-state index in [1.807, 2.05) is 29.2 Å². The standard InChI is InChI=1S/C25H29N3O3/c29-24-25(30-22-12-6-7-13-23(22)31-25)20-10-4-5-11-21(20)28(24)18-26-14-16-27(17-15-26)19-8-2-1-3-9-19/h1-5,8-11,22-23H,6-7,12-18H2/p+1/t22-,23-/m1/s1. The number of quaternary nitrogens is 1. The molecule has 162 valence electrons. The zero-order valence-corrected chi connectivity index (χ0v) is 17.8. The van der Waals surface area contributed by atoms with Crippen molar-refractivity contribution in [1.29, 1.82) is 0 Å². The number of ether oxygens (including phenoxy) is 2. The molecule has 6 heteroatoms. The molecule has 6 nitrogen and oxygen atoms in total. The average molecular weight is 421 g/mol. The van der Waals surface area contributed by atoms with E-state index in [1.54, 1.807) is 0 Å². The molecule has 31 heavy (non-hydrogen) atoms. The second-order valence-corrected chi connectivity index (χ2v) is 9.19. The first-order valence-electron chi connectivity index (χ1n) is 11.7. The van der Waals surface area contributed by atoms with Gasteiger partial charge in [0, 0.05) is 11.3 Å². The molecule has 2 aromatic rings. The highest BCUT2D eigenvalue weighted by Gasteiger charge is 2.61. The summed E-state index contributed by atoms with van der Waals surface area (Å²) in [5.74, 6) is -1.28. The topological polar surface area (TPSA) is 46.5 Å². The predicted molar refractivity (Wildman–Crippen MR) is 118 cm³/mol. The van der Waals surface area contributed by atoms with Crippen LogP contribution in [0.1, 0.15) is 31.2 Å². The number of hydrogen-bond acceptors (Lipinski definition) is 4. The van der Waals surface area contributed by atoms with Crippen LogP contribution in [0.4, 0.5) is 11.4 Å². The molecule has 1 amide bonds. The van der Waals surface area contributed by atoms with Crippen molar-refractivity contribution in [1.82, 2.24) is 0 Å². The number of hydrogen-bond donors (Lipinski definition) is 1. The van der Waals surface area contributed by atoms with E-state index in [0.29, 0.717) is 6.67 Å². The Kier molecular flexibility index (Phi) is 4.74. The van der Waals surface area contributed by atoms with E-state index in [1.165, 1.54) is 10.6 Å². The summed E-state index contributed by atoms with van der Waals surface area (Å²) in [6, 6.07) is 18.6. The molecule has 2 saturated heterocycles. The van der Waals surface area contributed by atoms with Gasteiger partial charge in [0.05, 0.1) is 44.1 Å². The summed E-state index contributed by atoms with van der Waals surface area (Å²) >= 11 is 0. The smallest absolute Gasteiger partial charge is 0.296 e. The van der Waals surface area contributed by atoms with Gasteiger partial charge in [0.15, 0.2) is 6.67 Å². The van der Waals surface area contributed by atoms with Gasteiger partial charge in [-0.3, -0.25) is 9.69 Å². The fourth-order valence-corrected chi connectivity index (χ4v) is 5.66. The highest BCUT2D eigenvalue weighted by molar-refractivity contribution is 6.06. The third-order valence-electron chi connectivity index (χ3n) is 7.33. The molecule has 2 atom stereocenters. The number of nitrogens with one attached hydrogen (secondary N) is 1. The summed E-state index contributed by atoms with van der Waals surface area (Å²) in [5, 5.41) is 0. The van der Waals surface area contributed by atoms with Crippen molar-refractivity contribution >= 4 is 17.3 Å². The van der Waals surface area contributed by atoms with Crippen LogP contribution in [0.5, 0.6) is 0 Å². The molecule has 6 rings (SSSR count). The monoisotopic (exact) mass is 420 g/mol. The Balaban J connectivity index is 1.20. The van der Waals surface area contributed by atoms with Gasteiger partial charge in [-0.2, -0.15) is 0 Å². The highest BCUT2D eigenvalue weighted by Crippen LogP contribution is 2.50. The van der Waals surface area contributed by atoms with E-state index in [-0.39, 0.29) is 18.1 Å². The Morgan fingerprint density at radius 3 is 2.26 bits per heavy atom. The number of nitrogens with zero attached hydrogens (tertiary/aromatic N) is 2. The van der Waals surface area contributed by atoms with Crippen LogP contribution < -0.4 is 14.7 Å². The molecule has 2 aromatic carbocycles. The SMILES string of the molecule is O=C1N(C[NH+]2CCN(c3ccccc3)CC2)c2ccccc2C12O[C@@H]1CCCC[C@H]1O2. The predicted octanol–water partition coefficient (Wildman–Crippen LogP) is 1.91. The van der Waals surface area contributed by atoms with Gasteiger partial charge in [-0.05, 0) is 31.0 Å². The normalized spacial score (nSPS) is 27.5. The Morgan fingerprint density at radius 2 is 1.55 bits per heavy atom. The van der Waals surface area contributed by atoms with E-state index in [4.69, 9.17) is 9.47 Å². The summed E-state index contributed by atoms with van der Waals surface area (Å²) in [6.45, 7) is 4.64. The third kappa shape index (κ3) is 3.16. The lowest BCUT2D eigenvalue weighted by molar-refractivity contribution is -0.899.